The van der Waals surface area contributed by atoms with Gasteiger partial charge in [0, 0.05) is 66.6 Å². The van der Waals surface area contributed by atoms with Gasteiger partial charge in [0.25, 0.3) is 0 Å². The van der Waals surface area contributed by atoms with Crippen molar-refractivity contribution in [3.05, 3.63) is 53.7 Å². The van der Waals surface area contributed by atoms with Gasteiger partial charge < -0.3 is 24.9 Å². The number of rotatable bonds is 6. The van der Waals surface area contributed by atoms with Gasteiger partial charge in [-0.1, -0.05) is 12.5 Å². The van der Waals surface area contributed by atoms with Crippen molar-refractivity contribution in [2.75, 3.05) is 50.0 Å². The Hall–Kier alpha value is -2.81. The van der Waals surface area contributed by atoms with E-state index < -0.39 is 0 Å². The number of piperidine rings is 1. The SMILES string of the molecule is CNc1cc(N2CCNCC2=O)ccc1C.Cc1cn(C(C)C=O)c2ccc(SN3CCCCC3)cc12. The Bertz CT molecular complexity index is 1230. The van der Waals surface area contributed by atoms with Crippen LogP contribution in [0, 0.1) is 13.8 Å². The first kappa shape index (κ1) is 27.2. The van der Waals surface area contributed by atoms with Gasteiger partial charge in [-0.25, -0.2) is 4.31 Å². The molecule has 0 bridgehead atoms. The van der Waals surface area contributed by atoms with E-state index in [0.717, 1.165) is 36.3 Å². The number of hydrogen-bond donors (Lipinski definition) is 2. The van der Waals surface area contributed by atoms with Crippen LogP contribution in [0.3, 0.4) is 0 Å². The van der Waals surface area contributed by atoms with Crippen LogP contribution < -0.4 is 15.5 Å². The summed E-state index contributed by atoms with van der Waals surface area (Å²) < 4.78 is 4.53. The molecule has 37 heavy (non-hydrogen) atoms. The summed E-state index contributed by atoms with van der Waals surface area (Å²) in [5.41, 5.74) is 5.62. The number of aromatic nitrogens is 1. The van der Waals surface area contributed by atoms with Crippen molar-refractivity contribution in [3.63, 3.8) is 0 Å². The number of amides is 1. The first-order valence-corrected chi connectivity index (χ1v) is 14.0. The molecule has 1 amide bonds. The van der Waals surface area contributed by atoms with E-state index >= 15 is 0 Å². The Balaban J connectivity index is 0.000000180. The number of fused-ring (bicyclic) bond motifs is 1. The summed E-state index contributed by atoms with van der Waals surface area (Å²) in [5.74, 6) is 0.136. The Morgan fingerprint density at radius 3 is 2.51 bits per heavy atom. The summed E-state index contributed by atoms with van der Waals surface area (Å²) in [5, 5.41) is 7.46. The number of benzene rings is 2. The highest BCUT2D eigenvalue weighted by Gasteiger charge is 2.19. The summed E-state index contributed by atoms with van der Waals surface area (Å²) in [6, 6.07) is 12.5. The molecule has 0 radical (unpaired) electrons. The molecule has 0 aliphatic carbocycles. The normalized spacial score (nSPS) is 17.3. The fourth-order valence-corrected chi connectivity index (χ4v) is 5.93. The second-order valence-electron chi connectivity index (χ2n) is 9.83. The van der Waals surface area contributed by atoms with Crippen molar-refractivity contribution in [3.8, 4) is 0 Å². The largest absolute Gasteiger partial charge is 0.388 e. The third-order valence-corrected chi connectivity index (χ3v) is 8.17. The Labute approximate surface area is 224 Å². The minimum atomic E-state index is -0.109. The maximum absolute atomic E-state index is 11.7. The molecule has 3 heterocycles. The van der Waals surface area contributed by atoms with Crippen molar-refractivity contribution >= 4 is 46.4 Å². The van der Waals surface area contributed by atoms with Gasteiger partial charge in [0.2, 0.25) is 5.91 Å². The van der Waals surface area contributed by atoms with E-state index in [1.807, 2.05) is 49.0 Å². The molecule has 1 unspecified atom stereocenters. The number of aldehydes is 1. The first-order valence-electron chi connectivity index (χ1n) is 13.2. The van der Waals surface area contributed by atoms with Gasteiger partial charge in [-0.2, -0.15) is 0 Å². The zero-order chi connectivity index (χ0) is 26.4. The highest BCUT2D eigenvalue weighted by atomic mass is 32.2. The monoisotopic (exact) mass is 521 g/mol. The predicted octanol–water partition coefficient (Wildman–Crippen LogP) is 5.18. The first-order chi connectivity index (χ1) is 17.9. The molecule has 2 aliphatic heterocycles. The van der Waals surface area contributed by atoms with Crippen LogP contribution in [0.15, 0.2) is 47.5 Å². The minimum absolute atomic E-state index is 0.109. The second-order valence-corrected chi connectivity index (χ2v) is 11.0. The van der Waals surface area contributed by atoms with Gasteiger partial charge in [-0.3, -0.25) is 4.79 Å². The highest BCUT2D eigenvalue weighted by molar-refractivity contribution is 7.97. The minimum Gasteiger partial charge on any atom is -0.388 e. The summed E-state index contributed by atoms with van der Waals surface area (Å²) in [6.45, 7) is 10.5. The molecule has 1 aromatic heterocycles. The van der Waals surface area contributed by atoms with Crippen molar-refractivity contribution in [1.29, 1.82) is 0 Å². The van der Waals surface area contributed by atoms with Crippen molar-refractivity contribution in [1.82, 2.24) is 14.2 Å². The molecule has 2 aliphatic rings. The predicted molar refractivity (Wildman–Crippen MR) is 155 cm³/mol. The Kier molecular flexibility index (Phi) is 9.29. The van der Waals surface area contributed by atoms with Gasteiger partial charge in [0.1, 0.15) is 6.29 Å². The van der Waals surface area contributed by atoms with Crippen LogP contribution in [0.1, 0.15) is 43.4 Å². The number of aryl methyl sites for hydroxylation is 2. The third-order valence-electron chi connectivity index (χ3n) is 7.08. The summed E-state index contributed by atoms with van der Waals surface area (Å²) in [7, 11) is 1.89. The maximum Gasteiger partial charge on any atom is 0.240 e. The van der Waals surface area contributed by atoms with E-state index in [2.05, 4.69) is 57.7 Å². The standard InChI is InChI=1S/C17H22N2OS.C12H17N3O/c1-13-11-19(14(2)12-20)17-7-6-15(10-16(13)17)21-18-8-4-3-5-9-18;1-9-3-4-10(7-11(9)13-2)15-6-5-14-8-12(15)16/h6-7,10-12,14H,3-5,8-9H2,1-2H3;3-4,7,13-14H,5-6,8H2,1-2H3. The van der Waals surface area contributed by atoms with Gasteiger partial charge in [-0.15, -0.1) is 0 Å². The molecule has 8 heteroatoms. The van der Waals surface area contributed by atoms with Gasteiger partial charge in [-0.05, 0) is 87.0 Å². The fraction of sp³-hybridized carbons (Fsp3) is 0.448. The van der Waals surface area contributed by atoms with Gasteiger partial charge in [0.15, 0.2) is 0 Å². The fourth-order valence-electron chi connectivity index (χ4n) is 4.90. The van der Waals surface area contributed by atoms with E-state index in [1.54, 1.807) is 0 Å². The lowest BCUT2D eigenvalue weighted by Crippen LogP contribution is -2.48. The molecule has 5 rings (SSSR count). The van der Waals surface area contributed by atoms with Gasteiger partial charge in [0.05, 0.1) is 12.6 Å². The van der Waals surface area contributed by atoms with E-state index in [0.29, 0.717) is 6.54 Å². The second kappa shape index (κ2) is 12.6. The number of carbonyl (C=O) groups is 2. The zero-order valence-corrected chi connectivity index (χ0v) is 23.2. The lowest BCUT2D eigenvalue weighted by Gasteiger charge is -2.28. The third kappa shape index (κ3) is 6.55. The van der Waals surface area contributed by atoms with Crippen LogP contribution in [0.2, 0.25) is 0 Å². The maximum atomic E-state index is 11.7. The zero-order valence-electron chi connectivity index (χ0n) is 22.4. The van der Waals surface area contributed by atoms with Crippen LogP contribution in [-0.2, 0) is 9.59 Å². The van der Waals surface area contributed by atoms with Crippen molar-refractivity contribution < 1.29 is 9.59 Å². The molecular formula is C29H39N5O2S. The number of carbonyl (C=O) groups excluding carboxylic acids is 2. The molecule has 7 nitrogen and oxygen atoms in total. The van der Waals surface area contributed by atoms with Crippen LogP contribution in [0.5, 0.6) is 0 Å². The summed E-state index contributed by atoms with van der Waals surface area (Å²) in [4.78, 5) is 25.9. The molecule has 2 saturated heterocycles. The number of nitrogens with one attached hydrogen (secondary N) is 2. The number of hydrogen-bond acceptors (Lipinski definition) is 6. The molecule has 0 spiro atoms. The molecule has 2 fully saturated rings. The molecule has 1 atom stereocenters. The molecule has 0 saturated carbocycles. The lowest BCUT2D eigenvalue weighted by atomic mass is 10.1. The van der Waals surface area contributed by atoms with E-state index in [1.165, 1.54) is 53.8 Å². The molecule has 2 N–H and O–H groups in total. The molecule has 198 valence electrons. The van der Waals surface area contributed by atoms with Crippen LogP contribution in [0.4, 0.5) is 11.4 Å². The Morgan fingerprint density at radius 1 is 1.03 bits per heavy atom. The number of anilines is 2. The Morgan fingerprint density at radius 2 is 1.81 bits per heavy atom. The smallest absolute Gasteiger partial charge is 0.240 e. The quantitative estimate of drug-likeness (QED) is 0.344. The van der Waals surface area contributed by atoms with E-state index in [-0.39, 0.29) is 11.9 Å². The average molecular weight is 522 g/mol. The summed E-state index contributed by atoms with van der Waals surface area (Å²) >= 11 is 1.87. The lowest BCUT2D eigenvalue weighted by molar-refractivity contribution is -0.118. The number of nitrogens with zero attached hydrogens (tertiary/aromatic N) is 3. The highest BCUT2D eigenvalue weighted by Crippen LogP contribution is 2.31. The van der Waals surface area contributed by atoms with Crippen molar-refractivity contribution in [2.24, 2.45) is 0 Å². The van der Waals surface area contributed by atoms with Crippen LogP contribution >= 0.6 is 11.9 Å². The molecule has 2 aromatic carbocycles. The van der Waals surface area contributed by atoms with Crippen molar-refractivity contribution in [2.45, 2.75) is 51.0 Å². The van der Waals surface area contributed by atoms with Crippen LogP contribution in [0.25, 0.3) is 10.9 Å². The molecule has 3 aromatic rings. The number of piperazine rings is 1. The average Bonchev–Trinajstić information content (AvgIpc) is 3.25. The van der Waals surface area contributed by atoms with Gasteiger partial charge >= 0.3 is 0 Å². The molecular weight excluding hydrogens is 482 g/mol. The topological polar surface area (TPSA) is 69.6 Å². The van der Waals surface area contributed by atoms with E-state index in [9.17, 15) is 9.59 Å². The van der Waals surface area contributed by atoms with E-state index in [4.69, 9.17) is 0 Å². The summed E-state index contributed by atoms with van der Waals surface area (Å²) in [6.07, 6.45) is 7.05. The van der Waals surface area contributed by atoms with Crippen LogP contribution in [-0.4, -0.2) is 60.8 Å².